The lowest BCUT2D eigenvalue weighted by atomic mass is 9.86. The van der Waals surface area contributed by atoms with Gasteiger partial charge in [-0.15, -0.1) is 10.2 Å². The van der Waals surface area contributed by atoms with Crippen molar-refractivity contribution in [3.05, 3.63) is 12.7 Å². The van der Waals surface area contributed by atoms with Gasteiger partial charge in [0.2, 0.25) is 5.91 Å². The van der Waals surface area contributed by atoms with Gasteiger partial charge >= 0.3 is 0 Å². The van der Waals surface area contributed by atoms with Crippen LogP contribution in [0.2, 0.25) is 0 Å². The van der Waals surface area contributed by atoms with Gasteiger partial charge in [-0.05, 0) is 32.1 Å². The maximum absolute atomic E-state index is 12.5. The van der Waals surface area contributed by atoms with E-state index in [1.807, 2.05) is 9.47 Å². The van der Waals surface area contributed by atoms with Crippen LogP contribution in [0.25, 0.3) is 0 Å². The monoisotopic (exact) mass is 278 g/mol. The highest BCUT2D eigenvalue weighted by Crippen LogP contribution is 2.28. The Morgan fingerprint density at radius 2 is 1.80 bits per heavy atom. The summed E-state index contributed by atoms with van der Waals surface area (Å²) in [5.74, 6) is 0.274. The summed E-state index contributed by atoms with van der Waals surface area (Å²) in [5, 5.41) is 17.4. The van der Waals surface area contributed by atoms with Crippen LogP contribution in [0.15, 0.2) is 12.7 Å². The maximum atomic E-state index is 12.5. The zero-order valence-electron chi connectivity index (χ0n) is 11.7. The molecule has 1 saturated heterocycles. The third-order valence-electron chi connectivity index (χ3n) is 4.63. The lowest BCUT2D eigenvalue weighted by Gasteiger charge is -2.36. The second-order valence-electron chi connectivity index (χ2n) is 5.98. The summed E-state index contributed by atoms with van der Waals surface area (Å²) < 4.78 is 2.03. The molecule has 6 nitrogen and oxygen atoms in total. The number of aromatic nitrogens is 3. The van der Waals surface area contributed by atoms with Crippen molar-refractivity contribution < 1.29 is 9.90 Å². The van der Waals surface area contributed by atoms with E-state index < -0.39 is 0 Å². The molecule has 1 aliphatic heterocycles. The Balaban J connectivity index is 1.53. The van der Waals surface area contributed by atoms with Crippen molar-refractivity contribution in [2.24, 2.45) is 5.92 Å². The van der Waals surface area contributed by atoms with Crippen molar-refractivity contribution >= 4 is 5.91 Å². The van der Waals surface area contributed by atoms with Gasteiger partial charge in [-0.3, -0.25) is 4.79 Å². The number of piperidine rings is 1. The van der Waals surface area contributed by atoms with E-state index >= 15 is 0 Å². The second kappa shape index (κ2) is 5.91. The number of amides is 1. The molecule has 1 aromatic heterocycles. The maximum Gasteiger partial charge on any atom is 0.225 e. The zero-order chi connectivity index (χ0) is 13.9. The van der Waals surface area contributed by atoms with E-state index in [1.165, 1.54) is 0 Å². The number of hydrogen-bond donors (Lipinski definition) is 1. The number of nitrogens with zero attached hydrogens (tertiary/aromatic N) is 4. The summed E-state index contributed by atoms with van der Waals surface area (Å²) in [5.41, 5.74) is 0. The first-order valence-electron chi connectivity index (χ1n) is 7.55. The Kier molecular flexibility index (Phi) is 4.00. The molecule has 20 heavy (non-hydrogen) atoms. The molecule has 0 aromatic carbocycles. The molecular formula is C14H22N4O2. The number of likely N-dealkylation sites (tertiary alicyclic amines) is 1. The predicted octanol–water partition coefficient (Wildman–Crippen LogP) is 0.993. The summed E-state index contributed by atoms with van der Waals surface area (Å²) in [6.07, 6.45) is 8.52. The Morgan fingerprint density at radius 1 is 1.10 bits per heavy atom. The van der Waals surface area contributed by atoms with Crippen LogP contribution in [-0.2, 0) is 4.79 Å². The van der Waals surface area contributed by atoms with Crippen molar-refractivity contribution in [3.63, 3.8) is 0 Å². The highest BCUT2D eigenvalue weighted by atomic mass is 16.3. The third kappa shape index (κ3) is 2.85. The summed E-state index contributed by atoms with van der Waals surface area (Å²) in [6, 6.07) is 0.408. The minimum absolute atomic E-state index is 0.0326. The van der Waals surface area contributed by atoms with Crippen LogP contribution < -0.4 is 0 Å². The molecular weight excluding hydrogens is 256 g/mol. The van der Waals surface area contributed by atoms with Gasteiger partial charge in [0.05, 0.1) is 6.10 Å². The first kappa shape index (κ1) is 13.5. The van der Waals surface area contributed by atoms with Gasteiger partial charge in [0.15, 0.2) is 0 Å². The van der Waals surface area contributed by atoms with Crippen molar-refractivity contribution in [2.45, 2.75) is 50.7 Å². The Labute approximate surface area is 118 Å². The quantitative estimate of drug-likeness (QED) is 0.876. The van der Waals surface area contributed by atoms with Crippen LogP contribution in [0.5, 0.6) is 0 Å². The number of carbonyl (C=O) groups is 1. The summed E-state index contributed by atoms with van der Waals surface area (Å²) in [4.78, 5) is 14.5. The Morgan fingerprint density at radius 3 is 2.45 bits per heavy atom. The second-order valence-corrected chi connectivity index (χ2v) is 5.98. The minimum Gasteiger partial charge on any atom is -0.393 e. The Hall–Kier alpha value is -1.43. The van der Waals surface area contributed by atoms with Crippen LogP contribution in [-0.4, -0.2) is 49.9 Å². The average Bonchev–Trinajstić information content (AvgIpc) is 3.01. The number of rotatable bonds is 2. The number of aliphatic hydroxyl groups is 1. The van der Waals surface area contributed by atoms with Crippen molar-refractivity contribution in [1.29, 1.82) is 0 Å². The van der Waals surface area contributed by atoms with Gasteiger partial charge in [0.1, 0.15) is 12.7 Å². The lowest BCUT2D eigenvalue weighted by molar-refractivity contribution is -0.139. The van der Waals surface area contributed by atoms with Crippen LogP contribution in [0.4, 0.5) is 0 Å². The largest absolute Gasteiger partial charge is 0.393 e. The SMILES string of the molecule is O=C([C@H]1CCC[C@@H](O)C1)N1CCC(n2cnnc2)CC1. The standard InChI is InChI=1S/C14H22N4O2/c19-13-3-1-2-11(8-13)14(20)17-6-4-12(5-7-17)18-9-15-16-10-18/h9-13,19H,1-8H2/t11-,13+/m0/s1. The fourth-order valence-electron chi connectivity index (χ4n) is 3.43. The molecule has 0 unspecified atom stereocenters. The van der Waals surface area contributed by atoms with E-state index in [-0.39, 0.29) is 17.9 Å². The van der Waals surface area contributed by atoms with E-state index in [9.17, 15) is 9.90 Å². The third-order valence-corrected chi connectivity index (χ3v) is 4.63. The van der Waals surface area contributed by atoms with Gasteiger partial charge in [0.25, 0.3) is 0 Å². The molecule has 110 valence electrons. The van der Waals surface area contributed by atoms with Crippen molar-refractivity contribution in [2.75, 3.05) is 13.1 Å². The Bertz CT molecular complexity index is 440. The molecule has 0 radical (unpaired) electrons. The zero-order valence-corrected chi connectivity index (χ0v) is 11.7. The number of hydrogen-bond acceptors (Lipinski definition) is 4. The van der Waals surface area contributed by atoms with E-state index in [2.05, 4.69) is 10.2 Å². The first-order valence-corrected chi connectivity index (χ1v) is 7.55. The van der Waals surface area contributed by atoms with E-state index in [0.717, 1.165) is 45.2 Å². The summed E-state index contributed by atoms with van der Waals surface area (Å²) >= 11 is 0. The summed E-state index contributed by atoms with van der Waals surface area (Å²) in [6.45, 7) is 1.60. The number of aliphatic hydroxyl groups excluding tert-OH is 1. The molecule has 0 spiro atoms. The summed E-state index contributed by atoms with van der Waals surface area (Å²) in [7, 11) is 0. The van der Waals surface area contributed by atoms with E-state index in [4.69, 9.17) is 0 Å². The molecule has 1 aliphatic carbocycles. The van der Waals surface area contributed by atoms with E-state index in [0.29, 0.717) is 12.5 Å². The average molecular weight is 278 g/mol. The highest BCUT2D eigenvalue weighted by Gasteiger charge is 2.31. The molecule has 2 atom stereocenters. The molecule has 1 aromatic rings. The van der Waals surface area contributed by atoms with Gasteiger partial charge in [-0.25, -0.2) is 0 Å². The van der Waals surface area contributed by atoms with Crippen LogP contribution >= 0.6 is 0 Å². The fourth-order valence-corrected chi connectivity index (χ4v) is 3.43. The van der Waals surface area contributed by atoms with Crippen molar-refractivity contribution in [3.8, 4) is 0 Å². The fraction of sp³-hybridized carbons (Fsp3) is 0.786. The smallest absolute Gasteiger partial charge is 0.225 e. The molecule has 0 bridgehead atoms. The van der Waals surface area contributed by atoms with E-state index in [1.54, 1.807) is 12.7 Å². The molecule has 1 amide bonds. The topological polar surface area (TPSA) is 71.2 Å². The molecule has 1 N–H and O–H groups in total. The molecule has 6 heteroatoms. The molecule has 2 fully saturated rings. The van der Waals surface area contributed by atoms with Crippen LogP contribution in [0.3, 0.4) is 0 Å². The molecule has 1 saturated carbocycles. The van der Waals surface area contributed by atoms with Gasteiger partial charge in [0, 0.05) is 25.0 Å². The van der Waals surface area contributed by atoms with Gasteiger partial charge < -0.3 is 14.6 Å². The molecule has 2 aliphatic rings. The van der Waals surface area contributed by atoms with Crippen molar-refractivity contribution in [1.82, 2.24) is 19.7 Å². The normalized spacial score (nSPS) is 28.6. The highest BCUT2D eigenvalue weighted by molar-refractivity contribution is 5.79. The molecule has 3 rings (SSSR count). The lowest BCUT2D eigenvalue weighted by Crippen LogP contribution is -2.43. The minimum atomic E-state index is -0.285. The predicted molar refractivity (Wildman–Crippen MR) is 72.8 cm³/mol. The van der Waals surface area contributed by atoms with Crippen LogP contribution in [0.1, 0.15) is 44.6 Å². The van der Waals surface area contributed by atoms with Gasteiger partial charge in [-0.1, -0.05) is 6.42 Å². The first-order chi connectivity index (χ1) is 9.74. The van der Waals surface area contributed by atoms with Gasteiger partial charge in [-0.2, -0.15) is 0 Å². The molecule has 2 heterocycles. The number of carbonyl (C=O) groups excluding carboxylic acids is 1. The van der Waals surface area contributed by atoms with Crippen LogP contribution in [0, 0.1) is 5.92 Å².